The third-order valence-electron chi connectivity index (χ3n) is 11.7. The van der Waals surface area contributed by atoms with Gasteiger partial charge in [0.2, 0.25) is 0 Å². The summed E-state index contributed by atoms with van der Waals surface area (Å²) < 4.78 is 12.8. The molecule has 0 aliphatic carbocycles. The molecule has 1 aliphatic heterocycles. The van der Waals surface area contributed by atoms with Gasteiger partial charge in [-0.1, -0.05) is 164 Å². The van der Waals surface area contributed by atoms with Gasteiger partial charge in [-0.05, 0) is 79.2 Å². The van der Waals surface area contributed by atoms with Crippen molar-refractivity contribution in [3.05, 3.63) is 194 Å². The van der Waals surface area contributed by atoms with Crippen molar-refractivity contribution >= 4 is 43.5 Å². The van der Waals surface area contributed by atoms with Crippen molar-refractivity contribution in [2.75, 3.05) is 0 Å². The van der Waals surface area contributed by atoms with E-state index >= 15 is 0 Å². The van der Waals surface area contributed by atoms with Gasteiger partial charge in [0.15, 0.2) is 17.5 Å². The first-order valence-corrected chi connectivity index (χ1v) is 19.9. The van der Waals surface area contributed by atoms with E-state index in [1.165, 1.54) is 10.8 Å². The number of ether oxygens (including phenoxy) is 1. The normalized spacial score (nSPS) is 12.1. The second kappa shape index (κ2) is 13.4. The minimum absolute atomic E-state index is 0.478. The van der Waals surface area contributed by atoms with E-state index in [4.69, 9.17) is 24.1 Å². The van der Waals surface area contributed by atoms with Gasteiger partial charge in [0.1, 0.15) is 23.5 Å². The van der Waals surface area contributed by atoms with Crippen molar-refractivity contribution in [2.24, 2.45) is 0 Å². The highest BCUT2D eigenvalue weighted by atomic mass is 16.5. The number of aromatic nitrogens is 3. The summed E-state index contributed by atoms with van der Waals surface area (Å²) in [5.74, 6) is 2.52. The molecule has 11 aromatic rings. The lowest BCUT2D eigenvalue weighted by Crippen LogP contribution is -2.08. The average Bonchev–Trinajstić information content (AvgIpc) is 3.70. The Kier molecular flexibility index (Phi) is 7.53. The molecule has 12 rings (SSSR count). The molecule has 0 saturated carbocycles. The zero-order valence-corrected chi connectivity index (χ0v) is 31.8. The van der Waals surface area contributed by atoms with Gasteiger partial charge >= 0.3 is 0 Å². The van der Waals surface area contributed by atoms with Crippen molar-refractivity contribution in [2.45, 2.75) is 6.61 Å². The summed E-state index contributed by atoms with van der Waals surface area (Å²) in [7, 11) is 0. The Bertz CT molecular complexity index is 3460. The molecule has 0 saturated heterocycles. The largest absolute Gasteiger partial charge is 0.487 e. The topological polar surface area (TPSA) is 61.0 Å². The summed E-state index contributed by atoms with van der Waals surface area (Å²) in [5, 5.41) is 6.79. The number of rotatable bonds is 5. The highest BCUT2D eigenvalue weighted by Crippen LogP contribution is 2.45. The van der Waals surface area contributed by atoms with Crippen LogP contribution in [0.5, 0.6) is 5.75 Å². The molecule has 3 heterocycles. The third-order valence-corrected chi connectivity index (χ3v) is 11.7. The molecule has 0 spiro atoms. The molecule has 0 amide bonds. The Hall–Kier alpha value is -7.89. The summed E-state index contributed by atoms with van der Waals surface area (Å²) in [5.41, 5.74) is 12.3. The quantitative estimate of drug-likeness (QED) is 0.175. The van der Waals surface area contributed by atoms with Gasteiger partial charge in [-0.25, -0.2) is 15.0 Å². The SMILES string of the molecule is c1ccc2c(c1)COc1c(-c3nc(-c4ccc(-c5ccc6ccccc6c5)cc4)nc(-c4cccc5c(-c6cccc7oc8ccccc8c67)cccc45)n3)cccc1-2. The van der Waals surface area contributed by atoms with E-state index < -0.39 is 0 Å². The standard InChI is InChI=1S/C54H33N3O2/c1-2-12-36-31-37(30-27-33(36)11-1)34-25-28-35(29-26-34)52-55-53(57-54(56-52)47-22-9-20-44-39-14-4-3-13-38(39)32-58-51(44)47)45-21-8-16-40-41(17-7-18-42(40)45)43-19-10-24-49-50(43)46-15-5-6-23-48(46)59-49/h1-31H,32H2. The molecule has 276 valence electrons. The molecular formula is C54H33N3O2. The van der Waals surface area contributed by atoms with E-state index in [1.54, 1.807) is 0 Å². The smallest absolute Gasteiger partial charge is 0.167 e. The summed E-state index contributed by atoms with van der Waals surface area (Å²) in [6.07, 6.45) is 0. The van der Waals surface area contributed by atoms with Gasteiger partial charge in [0, 0.05) is 27.5 Å². The fraction of sp³-hybridized carbons (Fsp3) is 0.0185. The van der Waals surface area contributed by atoms with Crippen LogP contribution in [0.1, 0.15) is 5.56 Å². The van der Waals surface area contributed by atoms with Gasteiger partial charge in [-0.2, -0.15) is 0 Å². The van der Waals surface area contributed by atoms with E-state index in [0.29, 0.717) is 24.1 Å². The molecule has 0 fully saturated rings. The molecule has 5 nitrogen and oxygen atoms in total. The first-order chi connectivity index (χ1) is 29.2. The van der Waals surface area contributed by atoms with Crippen LogP contribution < -0.4 is 4.74 Å². The van der Waals surface area contributed by atoms with E-state index in [-0.39, 0.29) is 0 Å². The zero-order chi connectivity index (χ0) is 38.9. The molecule has 0 radical (unpaired) electrons. The van der Waals surface area contributed by atoms with Crippen LogP contribution in [0.2, 0.25) is 0 Å². The number of nitrogens with zero attached hydrogens (tertiary/aromatic N) is 3. The Morgan fingerprint density at radius 3 is 1.83 bits per heavy atom. The molecule has 0 bridgehead atoms. The van der Waals surface area contributed by atoms with E-state index in [2.05, 4.69) is 170 Å². The van der Waals surface area contributed by atoms with E-state index in [9.17, 15) is 0 Å². The molecule has 59 heavy (non-hydrogen) atoms. The molecule has 0 atom stereocenters. The second-order valence-electron chi connectivity index (χ2n) is 15.1. The molecule has 0 unspecified atom stereocenters. The van der Waals surface area contributed by atoms with E-state index in [1.807, 2.05) is 18.2 Å². The van der Waals surface area contributed by atoms with Crippen LogP contribution in [0.3, 0.4) is 0 Å². The molecule has 0 N–H and O–H groups in total. The zero-order valence-electron chi connectivity index (χ0n) is 31.8. The van der Waals surface area contributed by atoms with Crippen molar-refractivity contribution in [1.29, 1.82) is 0 Å². The maximum atomic E-state index is 6.51. The van der Waals surface area contributed by atoms with Gasteiger partial charge in [-0.3, -0.25) is 0 Å². The number of furan rings is 1. The molecule has 1 aliphatic rings. The van der Waals surface area contributed by atoms with Crippen molar-refractivity contribution in [3.8, 4) is 73.3 Å². The number of hydrogen-bond acceptors (Lipinski definition) is 5. The lowest BCUT2D eigenvalue weighted by Gasteiger charge is -2.23. The van der Waals surface area contributed by atoms with Crippen LogP contribution in [0.25, 0.3) is 111 Å². The van der Waals surface area contributed by atoms with Crippen LogP contribution in [-0.4, -0.2) is 15.0 Å². The predicted molar refractivity (Wildman–Crippen MR) is 239 cm³/mol. The van der Waals surface area contributed by atoms with Crippen molar-refractivity contribution < 1.29 is 9.15 Å². The van der Waals surface area contributed by atoms with Crippen LogP contribution in [-0.2, 0) is 6.61 Å². The highest BCUT2D eigenvalue weighted by Gasteiger charge is 2.24. The minimum Gasteiger partial charge on any atom is -0.487 e. The predicted octanol–water partition coefficient (Wildman–Crippen LogP) is 14.0. The van der Waals surface area contributed by atoms with Gasteiger partial charge in [0.05, 0.1) is 5.56 Å². The van der Waals surface area contributed by atoms with Crippen molar-refractivity contribution in [3.63, 3.8) is 0 Å². The second-order valence-corrected chi connectivity index (χ2v) is 15.1. The maximum Gasteiger partial charge on any atom is 0.167 e. The Morgan fingerprint density at radius 2 is 0.932 bits per heavy atom. The first kappa shape index (κ1) is 33.3. The minimum atomic E-state index is 0.478. The molecule has 5 heteroatoms. The highest BCUT2D eigenvalue weighted by molar-refractivity contribution is 6.16. The summed E-state index contributed by atoms with van der Waals surface area (Å²) in [6, 6.07) is 65.6. The summed E-state index contributed by atoms with van der Waals surface area (Å²) in [4.78, 5) is 15.7. The molecule has 2 aromatic heterocycles. The molecule has 9 aromatic carbocycles. The summed E-state index contributed by atoms with van der Waals surface area (Å²) in [6.45, 7) is 0.478. The lowest BCUT2D eigenvalue weighted by atomic mass is 9.92. The molecular weight excluding hydrogens is 723 g/mol. The number of benzene rings is 9. The van der Waals surface area contributed by atoms with Crippen LogP contribution >= 0.6 is 0 Å². The number of fused-ring (bicyclic) bond motifs is 8. The number of hydrogen-bond donors (Lipinski definition) is 0. The van der Waals surface area contributed by atoms with Crippen LogP contribution in [0, 0.1) is 0 Å². The summed E-state index contributed by atoms with van der Waals surface area (Å²) >= 11 is 0. The van der Waals surface area contributed by atoms with E-state index in [0.717, 1.165) is 94.1 Å². The third kappa shape index (κ3) is 5.51. The average molecular weight is 756 g/mol. The Morgan fingerprint density at radius 1 is 0.356 bits per heavy atom. The van der Waals surface area contributed by atoms with Crippen molar-refractivity contribution in [1.82, 2.24) is 15.0 Å². The van der Waals surface area contributed by atoms with Gasteiger partial charge < -0.3 is 9.15 Å². The van der Waals surface area contributed by atoms with Gasteiger partial charge in [0.25, 0.3) is 0 Å². The monoisotopic (exact) mass is 755 g/mol. The number of para-hydroxylation sites is 2. The first-order valence-electron chi connectivity index (χ1n) is 19.9. The van der Waals surface area contributed by atoms with Gasteiger partial charge in [-0.15, -0.1) is 0 Å². The fourth-order valence-electron chi connectivity index (χ4n) is 8.81. The van der Waals surface area contributed by atoms with Crippen LogP contribution in [0.15, 0.2) is 192 Å². The van der Waals surface area contributed by atoms with Crippen LogP contribution in [0.4, 0.5) is 0 Å². The fourth-order valence-corrected chi connectivity index (χ4v) is 8.81. The maximum absolute atomic E-state index is 6.51. The Balaban J connectivity index is 1.04. The lowest BCUT2D eigenvalue weighted by molar-refractivity contribution is 0.303. The Labute approximate surface area is 339 Å².